The maximum atomic E-state index is 3.54. The third kappa shape index (κ3) is 3.99. The first-order valence-electron chi connectivity index (χ1n) is 7.14. The second-order valence-electron chi connectivity index (χ2n) is 4.90. The fraction of sp³-hybridized carbons (Fsp3) is 0.500. The summed E-state index contributed by atoms with van der Waals surface area (Å²) >= 11 is 0. The van der Waals surface area contributed by atoms with E-state index in [-0.39, 0.29) is 12.4 Å². The molecule has 0 aliphatic rings. The molecule has 106 valence electrons. The van der Waals surface area contributed by atoms with Crippen LogP contribution in [0.15, 0.2) is 30.5 Å². The van der Waals surface area contributed by atoms with E-state index in [1.807, 2.05) is 0 Å². The van der Waals surface area contributed by atoms with Gasteiger partial charge in [0, 0.05) is 30.2 Å². The Hall–Kier alpha value is -0.990. The molecule has 0 spiro atoms. The molecule has 0 aliphatic heterocycles. The van der Waals surface area contributed by atoms with E-state index in [1.165, 1.54) is 35.7 Å². The molecule has 0 unspecified atom stereocenters. The zero-order chi connectivity index (χ0) is 12.8. The standard InChI is InChI=1S/C16H24N2.ClH/c1-3-5-10-17-12-14-13-18(11-4-2)16-9-7-6-8-15(14)16;/h6-9,13,17H,3-5,10-12H2,1-2H3;1H. The molecule has 2 rings (SSSR count). The number of fused-ring (bicyclic) bond motifs is 1. The summed E-state index contributed by atoms with van der Waals surface area (Å²) in [5.74, 6) is 0. The van der Waals surface area contributed by atoms with E-state index in [4.69, 9.17) is 0 Å². The zero-order valence-corrected chi connectivity index (χ0v) is 12.8. The van der Waals surface area contributed by atoms with Crippen LogP contribution in [0.25, 0.3) is 10.9 Å². The van der Waals surface area contributed by atoms with Gasteiger partial charge in [0.15, 0.2) is 0 Å². The number of aromatic nitrogens is 1. The first-order chi connectivity index (χ1) is 8.86. The van der Waals surface area contributed by atoms with E-state index < -0.39 is 0 Å². The van der Waals surface area contributed by atoms with Crippen LogP contribution in [-0.2, 0) is 13.1 Å². The van der Waals surface area contributed by atoms with Gasteiger partial charge in [0.1, 0.15) is 0 Å². The molecule has 1 heterocycles. The van der Waals surface area contributed by atoms with Crippen LogP contribution >= 0.6 is 12.4 Å². The number of para-hydroxylation sites is 1. The summed E-state index contributed by atoms with van der Waals surface area (Å²) in [6, 6.07) is 8.72. The number of nitrogens with zero attached hydrogens (tertiary/aromatic N) is 1. The van der Waals surface area contributed by atoms with Gasteiger partial charge < -0.3 is 9.88 Å². The number of rotatable bonds is 7. The van der Waals surface area contributed by atoms with Crippen molar-refractivity contribution in [1.82, 2.24) is 9.88 Å². The van der Waals surface area contributed by atoms with Crippen LogP contribution in [0.3, 0.4) is 0 Å². The molecule has 0 saturated carbocycles. The first-order valence-corrected chi connectivity index (χ1v) is 7.14. The average molecular weight is 281 g/mol. The van der Waals surface area contributed by atoms with Crippen LogP contribution < -0.4 is 5.32 Å². The molecule has 0 aliphatic carbocycles. The molecular weight excluding hydrogens is 256 g/mol. The van der Waals surface area contributed by atoms with Crippen molar-refractivity contribution >= 4 is 23.3 Å². The van der Waals surface area contributed by atoms with E-state index in [9.17, 15) is 0 Å². The molecule has 1 N–H and O–H groups in total. The fourth-order valence-electron chi connectivity index (χ4n) is 2.41. The highest BCUT2D eigenvalue weighted by Gasteiger charge is 2.06. The maximum absolute atomic E-state index is 3.54. The third-order valence-corrected chi connectivity index (χ3v) is 3.36. The van der Waals surface area contributed by atoms with E-state index in [1.54, 1.807) is 0 Å². The van der Waals surface area contributed by atoms with Crippen LogP contribution in [0.5, 0.6) is 0 Å². The van der Waals surface area contributed by atoms with Crippen molar-refractivity contribution in [3.63, 3.8) is 0 Å². The molecule has 0 amide bonds. The molecule has 0 bridgehead atoms. The highest BCUT2D eigenvalue weighted by Crippen LogP contribution is 2.21. The first kappa shape index (κ1) is 16.1. The third-order valence-electron chi connectivity index (χ3n) is 3.36. The summed E-state index contributed by atoms with van der Waals surface area (Å²) in [5.41, 5.74) is 2.79. The molecule has 3 heteroatoms. The predicted molar refractivity (Wildman–Crippen MR) is 86.1 cm³/mol. The lowest BCUT2D eigenvalue weighted by molar-refractivity contribution is 0.639. The Morgan fingerprint density at radius 2 is 1.89 bits per heavy atom. The Morgan fingerprint density at radius 1 is 1.11 bits per heavy atom. The van der Waals surface area contributed by atoms with Crippen molar-refractivity contribution in [2.75, 3.05) is 6.54 Å². The Bertz CT molecular complexity index is 490. The van der Waals surface area contributed by atoms with Gasteiger partial charge in [-0.05, 0) is 31.0 Å². The average Bonchev–Trinajstić information content (AvgIpc) is 2.74. The zero-order valence-electron chi connectivity index (χ0n) is 12.0. The number of unbranched alkanes of at least 4 members (excludes halogenated alkanes) is 1. The minimum absolute atomic E-state index is 0. The van der Waals surface area contributed by atoms with E-state index in [0.717, 1.165) is 19.6 Å². The lowest BCUT2D eigenvalue weighted by Gasteiger charge is -2.02. The summed E-state index contributed by atoms with van der Waals surface area (Å²) in [6.45, 7) is 7.67. The monoisotopic (exact) mass is 280 g/mol. The Kier molecular flexibility index (Phi) is 6.96. The minimum Gasteiger partial charge on any atom is -0.347 e. The van der Waals surface area contributed by atoms with Gasteiger partial charge in [0.2, 0.25) is 0 Å². The predicted octanol–water partition coefficient (Wildman–Crippen LogP) is 4.36. The van der Waals surface area contributed by atoms with Gasteiger partial charge in [-0.2, -0.15) is 0 Å². The smallest absolute Gasteiger partial charge is 0.0483 e. The molecule has 0 fully saturated rings. The number of aryl methyl sites for hydroxylation is 1. The minimum atomic E-state index is 0. The van der Waals surface area contributed by atoms with Gasteiger partial charge in [-0.15, -0.1) is 12.4 Å². The number of benzene rings is 1. The molecule has 0 atom stereocenters. The summed E-state index contributed by atoms with van der Waals surface area (Å²) in [6.07, 6.45) is 6.01. The fourth-order valence-corrected chi connectivity index (χ4v) is 2.41. The van der Waals surface area contributed by atoms with E-state index in [0.29, 0.717) is 0 Å². The number of hydrogen-bond donors (Lipinski definition) is 1. The Labute approximate surface area is 122 Å². The molecule has 1 aromatic heterocycles. The molecule has 1 aromatic carbocycles. The molecular formula is C16H25ClN2. The lowest BCUT2D eigenvalue weighted by atomic mass is 10.2. The van der Waals surface area contributed by atoms with Gasteiger partial charge in [-0.25, -0.2) is 0 Å². The van der Waals surface area contributed by atoms with Crippen molar-refractivity contribution in [2.24, 2.45) is 0 Å². The van der Waals surface area contributed by atoms with Crippen molar-refractivity contribution in [1.29, 1.82) is 0 Å². The van der Waals surface area contributed by atoms with Crippen LogP contribution in [0.1, 0.15) is 38.7 Å². The SMILES string of the molecule is CCCCNCc1cn(CCC)c2ccccc12.Cl. The summed E-state index contributed by atoms with van der Waals surface area (Å²) in [7, 11) is 0. The molecule has 0 saturated heterocycles. The quantitative estimate of drug-likeness (QED) is 0.746. The van der Waals surface area contributed by atoms with Crippen molar-refractivity contribution in [3.8, 4) is 0 Å². The normalized spacial score (nSPS) is 10.6. The second kappa shape index (κ2) is 8.23. The van der Waals surface area contributed by atoms with E-state index in [2.05, 4.69) is 54.2 Å². The Morgan fingerprint density at radius 3 is 2.63 bits per heavy atom. The topological polar surface area (TPSA) is 17.0 Å². The highest BCUT2D eigenvalue weighted by molar-refractivity contribution is 5.85. The van der Waals surface area contributed by atoms with Gasteiger partial charge >= 0.3 is 0 Å². The van der Waals surface area contributed by atoms with Crippen molar-refractivity contribution in [2.45, 2.75) is 46.2 Å². The highest BCUT2D eigenvalue weighted by atomic mass is 35.5. The van der Waals surface area contributed by atoms with Crippen LogP contribution in [0.2, 0.25) is 0 Å². The van der Waals surface area contributed by atoms with Gasteiger partial charge in [0.05, 0.1) is 0 Å². The summed E-state index contributed by atoms with van der Waals surface area (Å²) in [4.78, 5) is 0. The summed E-state index contributed by atoms with van der Waals surface area (Å²) in [5, 5.41) is 4.93. The largest absolute Gasteiger partial charge is 0.347 e. The van der Waals surface area contributed by atoms with Crippen LogP contribution in [0.4, 0.5) is 0 Å². The molecule has 19 heavy (non-hydrogen) atoms. The number of hydrogen-bond acceptors (Lipinski definition) is 1. The van der Waals surface area contributed by atoms with Crippen molar-refractivity contribution < 1.29 is 0 Å². The van der Waals surface area contributed by atoms with Crippen LogP contribution in [0, 0.1) is 0 Å². The number of nitrogens with one attached hydrogen (secondary N) is 1. The second-order valence-corrected chi connectivity index (χ2v) is 4.90. The number of halogens is 1. The van der Waals surface area contributed by atoms with E-state index >= 15 is 0 Å². The maximum Gasteiger partial charge on any atom is 0.0483 e. The van der Waals surface area contributed by atoms with Gasteiger partial charge in [-0.3, -0.25) is 0 Å². The van der Waals surface area contributed by atoms with Crippen molar-refractivity contribution in [3.05, 3.63) is 36.0 Å². The molecule has 2 aromatic rings. The summed E-state index contributed by atoms with van der Waals surface area (Å²) < 4.78 is 2.38. The molecule has 0 radical (unpaired) electrons. The molecule has 2 nitrogen and oxygen atoms in total. The van der Waals surface area contributed by atoms with Crippen LogP contribution in [-0.4, -0.2) is 11.1 Å². The Balaban J connectivity index is 0.00000180. The van der Waals surface area contributed by atoms with Gasteiger partial charge in [-0.1, -0.05) is 38.5 Å². The lowest BCUT2D eigenvalue weighted by Crippen LogP contribution is -2.14. The van der Waals surface area contributed by atoms with Gasteiger partial charge in [0.25, 0.3) is 0 Å².